The van der Waals surface area contributed by atoms with Gasteiger partial charge >= 0.3 is 5.97 Å². The van der Waals surface area contributed by atoms with E-state index in [-0.39, 0.29) is 18.6 Å². The summed E-state index contributed by atoms with van der Waals surface area (Å²) in [7, 11) is 0. The normalized spacial score (nSPS) is 10.6. The molecule has 0 spiro atoms. The van der Waals surface area contributed by atoms with Crippen LogP contribution in [0, 0.1) is 6.92 Å². The minimum Gasteiger partial charge on any atom is -0.465 e. The van der Waals surface area contributed by atoms with E-state index < -0.39 is 0 Å². The number of carbonyl (C=O) groups is 1. The van der Waals surface area contributed by atoms with Crippen LogP contribution in [0.5, 0.6) is 0 Å². The summed E-state index contributed by atoms with van der Waals surface area (Å²) in [6.07, 6.45) is 0.849. The van der Waals surface area contributed by atoms with E-state index in [0.29, 0.717) is 6.61 Å². The number of esters is 1. The van der Waals surface area contributed by atoms with Crippen LogP contribution < -0.4 is 4.90 Å². The van der Waals surface area contributed by atoms with E-state index in [4.69, 9.17) is 4.74 Å². The van der Waals surface area contributed by atoms with Crippen molar-refractivity contribution >= 4 is 11.8 Å². The van der Waals surface area contributed by atoms with Gasteiger partial charge in [0.25, 0.3) is 0 Å². The minimum absolute atomic E-state index is 0.170. The van der Waals surface area contributed by atoms with Crippen molar-refractivity contribution in [1.82, 2.24) is 9.97 Å². The summed E-state index contributed by atoms with van der Waals surface area (Å²) in [5, 5.41) is 0. The Morgan fingerprint density at radius 3 is 2.58 bits per heavy atom. The molecule has 0 unspecified atom stereocenters. The molecule has 0 saturated heterocycles. The molecule has 0 saturated carbocycles. The van der Waals surface area contributed by atoms with Gasteiger partial charge in [0.05, 0.1) is 6.61 Å². The van der Waals surface area contributed by atoms with Crippen LogP contribution in [0.2, 0.25) is 0 Å². The standard InChI is InChI=1S/C14H23N3O2/c1-6-12-8-13(16-11(5)15-12)17(10(3)4)9-14(18)19-7-2/h8,10H,6-7,9H2,1-5H3. The van der Waals surface area contributed by atoms with Crippen LogP contribution in [0.4, 0.5) is 5.82 Å². The Labute approximate surface area is 115 Å². The molecule has 0 fully saturated rings. The molecule has 0 aromatic carbocycles. The zero-order chi connectivity index (χ0) is 14.4. The number of rotatable bonds is 6. The Kier molecular flexibility index (Phi) is 5.73. The molecule has 0 atom stereocenters. The maximum absolute atomic E-state index is 11.7. The molecule has 0 amide bonds. The maximum atomic E-state index is 11.7. The Morgan fingerprint density at radius 2 is 2.05 bits per heavy atom. The largest absolute Gasteiger partial charge is 0.465 e. The molecule has 0 aliphatic rings. The fourth-order valence-electron chi connectivity index (χ4n) is 1.81. The number of anilines is 1. The minimum atomic E-state index is -0.231. The second kappa shape index (κ2) is 7.07. The number of aryl methyl sites for hydroxylation is 2. The molecule has 1 aromatic rings. The molecule has 5 heteroatoms. The van der Waals surface area contributed by atoms with Gasteiger partial charge in [-0.2, -0.15) is 0 Å². The third-order valence-electron chi connectivity index (χ3n) is 2.76. The second-order valence-electron chi connectivity index (χ2n) is 4.64. The van der Waals surface area contributed by atoms with E-state index in [1.807, 2.05) is 38.7 Å². The maximum Gasteiger partial charge on any atom is 0.325 e. The predicted octanol–water partition coefficient (Wildman–Crippen LogP) is 2.13. The van der Waals surface area contributed by atoms with E-state index in [1.165, 1.54) is 0 Å². The Bertz CT molecular complexity index is 433. The zero-order valence-corrected chi connectivity index (χ0v) is 12.4. The molecule has 0 N–H and O–H groups in total. The van der Waals surface area contributed by atoms with Crippen LogP contribution in [0.25, 0.3) is 0 Å². The van der Waals surface area contributed by atoms with Gasteiger partial charge in [-0.3, -0.25) is 4.79 Å². The summed E-state index contributed by atoms with van der Waals surface area (Å²) in [5.74, 6) is 1.28. The lowest BCUT2D eigenvalue weighted by Crippen LogP contribution is -2.37. The number of carbonyl (C=O) groups excluding carboxylic acids is 1. The Balaban J connectivity index is 2.98. The predicted molar refractivity (Wildman–Crippen MR) is 75.3 cm³/mol. The van der Waals surface area contributed by atoms with Crippen molar-refractivity contribution in [2.75, 3.05) is 18.1 Å². The van der Waals surface area contributed by atoms with Gasteiger partial charge in [0.1, 0.15) is 18.2 Å². The van der Waals surface area contributed by atoms with Crippen LogP contribution in [-0.4, -0.2) is 35.1 Å². The Morgan fingerprint density at radius 1 is 1.37 bits per heavy atom. The molecule has 0 bridgehead atoms. The molecule has 0 radical (unpaired) electrons. The number of ether oxygens (including phenoxy) is 1. The number of hydrogen-bond acceptors (Lipinski definition) is 5. The fourth-order valence-corrected chi connectivity index (χ4v) is 1.81. The van der Waals surface area contributed by atoms with Crippen molar-refractivity contribution in [2.24, 2.45) is 0 Å². The molecular weight excluding hydrogens is 242 g/mol. The molecule has 1 aromatic heterocycles. The number of aromatic nitrogens is 2. The molecule has 1 heterocycles. The molecule has 1 rings (SSSR count). The highest BCUT2D eigenvalue weighted by atomic mass is 16.5. The monoisotopic (exact) mass is 265 g/mol. The highest BCUT2D eigenvalue weighted by Crippen LogP contribution is 2.16. The number of nitrogens with zero attached hydrogens (tertiary/aromatic N) is 3. The van der Waals surface area contributed by atoms with Gasteiger partial charge in [-0.15, -0.1) is 0 Å². The zero-order valence-electron chi connectivity index (χ0n) is 12.4. The summed E-state index contributed by atoms with van der Waals surface area (Å²) >= 11 is 0. The van der Waals surface area contributed by atoms with Crippen LogP contribution in [0.3, 0.4) is 0 Å². The summed E-state index contributed by atoms with van der Waals surface area (Å²) < 4.78 is 5.01. The van der Waals surface area contributed by atoms with E-state index in [2.05, 4.69) is 16.9 Å². The molecule has 5 nitrogen and oxygen atoms in total. The summed E-state index contributed by atoms with van der Waals surface area (Å²) in [4.78, 5) is 22.4. The first-order valence-electron chi connectivity index (χ1n) is 6.74. The third kappa shape index (κ3) is 4.50. The van der Waals surface area contributed by atoms with Crippen molar-refractivity contribution in [3.05, 3.63) is 17.6 Å². The quantitative estimate of drug-likeness (QED) is 0.737. The highest BCUT2D eigenvalue weighted by Gasteiger charge is 2.17. The topological polar surface area (TPSA) is 55.3 Å². The van der Waals surface area contributed by atoms with E-state index >= 15 is 0 Å². The SMILES string of the molecule is CCOC(=O)CN(c1cc(CC)nc(C)n1)C(C)C. The van der Waals surface area contributed by atoms with Gasteiger partial charge in [0.2, 0.25) is 0 Å². The number of hydrogen-bond donors (Lipinski definition) is 0. The molecule has 0 aliphatic heterocycles. The average molecular weight is 265 g/mol. The van der Waals surface area contributed by atoms with Crippen molar-refractivity contribution in [3.63, 3.8) is 0 Å². The van der Waals surface area contributed by atoms with Crippen LogP contribution in [-0.2, 0) is 16.0 Å². The van der Waals surface area contributed by atoms with Crippen LogP contribution >= 0.6 is 0 Å². The van der Waals surface area contributed by atoms with E-state index in [9.17, 15) is 4.79 Å². The second-order valence-corrected chi connectivity index (χ2v) is 4.64. The van der Waals surface area contributed by atoms with Crippen molar-refractivity contribution in [3.8, 4) is 0 Å². The Hall–Kier alpha value is -1.65. The van der Waals surface area contributed by atoms with Gasteiger partial charge in [-0.1, -0.05) is 6.92 Å². The smallest absolute Gasteiger partial charge is 0.325 e. The van der Waals surface area contributed by atoms with Crippen molar-refractivity contribution in [1.29, 1.82) is 0 Å². The lowest BCUT2D eigenvalue weighted by molar-refractivity contribution is -0.141. The summed E-state index contributed by atoms with van der Waals surface area (Å²) in [6.45, 7) is 10.4. The van der Waals surface area contributed by atoms with Gasteiger partial charge < -0.3 is 9.64 Å². The van der Waals surface area contributed by atoms with Crippen LogP contribution in [0.1, 0.15) is 39.2 Å². The lowest BCUT2D eigenvalue weighted by atomic mass is 10.2. The van der Waals surface area contributed by atoms with E-state index in [1.54, 1.807) is 0 Å². The first-order chi connectivity index (χ1) is 8.97. The van der Waals surface area contributed by atoms with E-state index in [0.717, 1.165) is 23.8 Å². The summed E-state index contributed by atoms with van der Waals surface area (Å²) in [5.41, 5.74) is 0.983. The molecular formula is C14H23N3O2. The summed E-state index contributed by atoms with van der Waals surface area (Å²) in [6, 6.07) is 2.11. The van der Waals surface area contributed by atoms with Crippen LogP contribution in [0.15, 0.2) is 6.07 Å². The lowest BCUT2D eigenvalue weighted by Gasteiger charge is -2.27. The van der Waals surface area contributed by atoms with Crippen molar-refractivity contribution < 1.29 is 9.53 Å². The van der Waals surface area contributed by atoms with Gasteiger partial charge in [-0.05, 0) is 34.1 Å². The molecule has 106 valence electrons. The molecule has 0 aliphatic carbocycles. The van der Waals surface area contributed by atoms with Gasteiger partial charge in [0.15, 0.2) is 0 Å². The van der Waals surface area contributed by atoms with Gasteiger partial charge in [-0.25, -0.2) is 9.97 Å². The van der Waals surface area contributed by atoms with Gasteiger partial charge in [0, 0.05) is 17.8 Å². The third-order valence-corrected chi connectivity index (χ3v) is 2.76. The average Bonchev–Trinajstić information content (AvgIpc) is 2.35. The molecule has 19 heavy (non-hydrogen) atoms. The van der Waals surface area contributed by atoms with Crippen molar-refractivity contribution in [2.45, 2.75) is 47.1 Å². The first kappa shape index (κ1) is 15.4. The fraction of sp³-hybridized carbons (Fsp3) is 0.643. The highest BCUT2D eigenvalue weighted by molar-refractivity contribution is 5.75. The first-order valence-corrected chi connectivity index (χ1v) is 6.74.